The Labute approximate surface area is 83.3 Å². The van der Waals surface area contributed by atoms with Gasteiger partial charge in [-0.2, -0.15) is 13.2 Å². The molecule has 5 heteroatoms. The number of alkyl halides is 3. The molecule has 0 aromatic heterocycles. The van der Waals surface area contributed by atoms with Gasteiger partial charge in [-0.3, -0.25) is 4.79 Å². The molecule has 0 radical (unpaired) electrons. The minimum Gasteiger partial charge on any atom is -0.281 e. The molecule has 0 heterocycles. The van der Waals surface area contributed by atoms with Crippen molar-refractivity contribution in [3.8, 4) is 0 Å². The smallest absolute Gasteiger partial charge is 0.281 e. The van der Waals surface area contributed by atoms with Crippen LogP contribution in [0.5, 0.6) is 0 Å². The van der Waals surface area contributed by atoms with Gasteiger partial charge in [0, 0.05) is 17.3 Å². The van der Waals surface area contributed by atoms with E-state index in [0.29, 0.717) is 5.56 Å². The maximum absolute atomic E-state index is 11.9. The van der Waals surface area contributed by atoms with E-state index >= 15 is 0 Å². The van der Waals surface area contributed by atoms with Gasteiger partial charge in [0.1, 0.15) is 0 Å². The molecule has 0 unspecified atom stereocenters. The van der Waals surface area contributed by atoms with Gasteiger partial charge < -0.3 is 0 Å². The molecule has 1 nitrogen and oxygen atoms in total. The van der Waals surface area contributed by atoms with Crippen LogP contribution in [0.4, 0.5) is 13.2 Å². The van der Waals surface area contributed by atoms with Crippen LogP contribution in [0.25, 0.3) is 0 Å². The van der Waals surface area contributed by atoms with Gasteiger partial charge in [-0.25, -0.2) is 0 Å². The quantitative estimate of drug-likeness (QED) is 0.721. The van der Waals surface area contributed by atoms with Gasteiger partial charge in [0.2, 0.25) is 5.12 Å². The third-order valence-electron chi connectivity index (χ3n) is 1.57. The summed E-state index contributed by atoms with van der Waals surface area (Å²) in [5, 5.41) is -0.962. The topological polar surface area (TPSA) is 17.1 Å². The monoisotopic (exact) mass is 220 g/mol. The molecule has 1 aromatic carbocycles. The van der Waals surface area contributed by atoms with E-state index in [9.17, 15) is 18.0 Å². The zero-order valence-electron chi connectivity index (χ0n) is 7.26. The molecule has 14 heavy (non-hydrogen) atoms. The molecule has 0 amide bonds. The second-order valence-electron chi connectivity index (χ2n) is 2.65. The van der Waals surface area contributed by atoms with E-state index in [1.54, 1.807) is 19.1 Å². The first-order valence-corrected chi connectivity index (χ1v) is 4.57. The highest BCUT2D eigenvalue weighted by atomic mass is 32.2. The van der Waals surface area contributed by atoms with Crippen LogP contribution < -0.4 is 0 Å². The summed E-state index contributed by atoms with van der Waals surface area (Å²) in [4.78, 5) is 11.1. The van der Waals surface area contributed by atoms with Crippen LogP contribution in [0.15, 0.2) is 24.3 Å². The molecule has 0 N–H and O–H groups in total. The number of rotatable bonds is 1. The molecule has 0 aliphatic carbocycles. The number of carbonyl (C=O) groups excluding carboxylic acids is 1. The van der Waals surface area contributed by atoms with Crippen LogP contribution in [0.1, 0.15) is 15.9 Å². The Balaban J connectivity index is 2.86. The summed E-state index contributed by atoms with van der Waals surface area (Å²) in [5.41, 5.74) is -3.86. The Bertz CT molecular complexity index is 346. The maximum Gasteiger partial charge on any atom is 0.449 e. The summed E-state index contributed by atoms with van der Waals surface area (Å²) in [5.74, 6) is 0. The minimum atomic E-state index is -4.51. The standard InChI is InChI=1S/C9H7F3OS/c1-6-4-2-3-5-7(6)8(13)14-9(10,11)12/h2-5H,1H3. The number of aryl methyl sites for hydroxylation is 1. The van der Waals surface area contributed by atoms with Gasteiger partial charge in [0.25, 0.3) is 0 Å². The minimum absolute atomic E-state index is 0.106. The third-order valence-corrected chi connectivity index (χ3v) is 2.21. The summed E-state index contributed by atoms with van der Waals surface area (Å²) < 4.78 is 35.6. The van der Waals surface area contributed by atoms with Gasteiger partial charge >= 0.3 is 5.51 Å². The van der Waals surface area contributed by atoms with Crippen molar-refractivity contribution in [2.24, 2.45) is 0 Å². The Morgan fingerprint density at radius 2 is 1.86 bits per heavy atom. The van der Waals surface area contributed by atoms with Gasteiger partial charge in [0.05, 0.1) is 0 Å². The molecule has 1 rings (SSSR count). The Morgan fingerprint density at radius 3 is 2.36 bits per heavy atom. The first-order valence-electron chi connectivity index (χ1n) is 3.76. The lowest BCUT2D eigenvalue weighted by Gasteiger charge is -2.05. The SMILES string of the molecule is Cc1ccccc1C(=O)SC(F)(F)F. The number of hydrogen-bond acceptors (Lipinski definition) is 2. The first kappa shape index (κ1) is 11.1. The molecule has 0 bridgehead atoms. The van der Waals surface area contributed by atoms with Crippen LogP contribution in [-0.2, 0) is 0 Å². The van der Waals surface area contributed by atoms with Crippen molar-refractivity contribution < 1.29 is 18.0 Å². The fourth-order valence-electron chi connectivity index (χ4n) is 0.962. The van der Waals surface area contributed by atoms with Gasteiger partial charge in [-0.1, -0.05) is 24.3 Å². The number of thioether (sulfide) groups is 1. The predicted octanol–water partition coefficient (Wildman–Crippen LogP) is 3.39. The molecule has 0 saturated carbocycles. The molecule has 0 atom stereocenters. The molecule has 1 aromatic rings. The predicted molar refractivity (Wildman–Crippen MR) is 49.2 cm³/mol. The Kier molecular flexibility index (Phi) is 3.21. The van der Waals surface area contributed by atoms with E-state index in [1.807, 2.05) is 0 Å². The van der Waals surface area contributed by atoms with E-state index < -0.39 is 22.4 Å². The highest BCUT2D eigenvalue weighted by molar-refractivity contribution is 8.14. The van der Waals surface area contributed by atoms with Crippen molar-refractivity contribution in [3.05, 3.63) is 35.4 Å². The van der Waals surface area contributed by atoms with Gasteiger partial charge in [-0.15, -0.1) is 0 Å². The van der Waals surface area contributed by atoms with Crippen molar-refractivity contribution in [3.63, 3.8) is 0 Å². The van der Waals surface area contributed by atoms with Crippen molar-refractivity contribution in [2.75, 3.05) is 0 Å². The largest absolute Gasteiger partial charge is 0.449 e. The third kappa shape index (κ3) is 3.06. The molecule has 0 fully saturated rings. The van der Waals surface area contributed by atoms with E-state index in [4.69, 9.17) is 0 Å². The van der Waals surface area contributed by atoms with Crippen molar-refractivity contribution in [2.45, 2.75) is 12.4 Å². The van der Waals surface area contributed by atoms with E-state index in [1.165, 1.54) is 12.1 Å². The molecule has 0 spiro atoms. The number of hydrogen-bond donors (Lipinski definition) is 0. The molecular weight excluding hydrogens is 213 g/mol. The van der Waals surface area contributed by atoms with Crippen molar-refractivity contribution in [1.82, 2.24) is 0 Å². The summed E-state index contributed by atoms with van der Waals surface area (Å²) in [6.07, 6.45) is 0. The zero-order valence-corrected chi connectivity index (χ0v) is 8.08. The van der Waals surface area contributed by atoms with Crippen LogP contribution >= 0.6 is 11.8 Å². The van der Waals surface area contributed by atoms with Crippen molar-refractivity contribution in [1.29, 1.82) is 0 Å². The number of benzene rings is 1. The summed E-state index contributed by atoms with van der Waals surface area (Å²) >= 11 is -0.615. The maximum atomic E-state index is 11.9. The molecule has 0 aliphatic heterocycles. The Morgan fingerprint density at radius 1 is 1.29 bits per heavy atom. The highest BCUT2D eigenvalue weighted by Crippen LogP contribution is 2.33. The van der Waals surface area contributed by atoms with E-state index in [-0.39, 0.29) is 5.56 Å². The molecular formula is C9H7F3OS. The van der Waals surface area contributed by atoms with Gasteiger partial charge in [-0.05, 0) is 12.5 Å². The van der Waals surface area contributed by atoms with E-state index in [2.05, 4.69) is 0 Å². The second kappa shape index (κ2) is 4.04. The summed E-state index contributed by atoms with van der Waals surface area (Å²) in [6, 6.07) is 6.20. The summed E-state index contributed by atoms with van der Waals surface area (Å²) in [6.45, 7) is 1.60. The van der Waals surface area contributed by atoms with Crippen molar-refractivity contribution >= 4 is 16.9 Å². The lowest BCUT2D eigenvalue weighted by atomic mass is 10.1. The molecule has 0 saturated heterocycles. The molecule has 76 valence electrons. The van der Waals surface area contributed by atoms with Crippen LogP contribution in [0, 0.1) is 6.92 Å². The normalized spacial score (nSPS) is 11.4. The van der Waals surface area contributed by atoms with Gasteiger partial charge in [0.15, 0.2) is 0 Å². The van der Waals surface area contributed by atoms with Crippen LogP contribution in [0.3, 0.4) is 0 Å². The first-order chi connectivity index (χ1) is 6.40. The Hall–Kier alpha value is -0.970. The fraction of sp³-hybridized carbons (Fsp3) is 0.222. The summed E-state index contributed by atoms with van der Waals surface area (Å²) in [7, 11) is 0. The fourth-order valence-corrected chi connectivity index (χ4v) is 1.51. The number of carbonyl (C=O) groups is 1. The van der Waals surface area contributed by atoms with Crippen LogP contribution in [-0.4, -0.2) is 10.6 Å². The number of halogens is 3. The average molecular weight is 220 g/mol. The van der Waals surface area contributed by atoms with E-state index in [0.717, 1.165) is 0 Å². The lowest BCUT2D eigenvalue weighted by Crippen LogP contribution is -2.07. The molecule has 0 aliphatic rings. The average Bonchev–Trinajstić information content (AvgIpc) is 2.01. The second-order valence-corrected chi connectivity index (χ2v) is 3.69. The zero-order chi connectivity index (χ0) is 10.8. The lowest BCUT2D eigenvalue weighted by molar-refractivity contribution is -0.0322. The van der Waals surface area contributed by atoms with Crippen LogP contribution in [0.2, 0.25) is 0 Å². The highest BCUT2D eigenvalue weighted by Gasteiger charge is 2.33.